The van der Waals surface area contributed by atoms with E-state index < -0.39 is 0 Å². The minimum absolute atomic E-state index is 0.317. The van der Waals surface area contributed by atoms with Crippen LogP contribution in [0.2, 0.25) is 0 Å². The van der Waals surface area contributed by atoms with E-state index in [2.05, 4.69) is 6.07 Å². The van der Waals surface area contributed by atoms with Crippen molar-refractivity contribution in [3.63, 3.8) is 0 Å². The zero-order valence-corrected chi connectivity index (χ0v) is 11.3. The number of hydrogen-bond donors (Lipinski definition) is 1. The van der Waals surface area contributed by atoms with Crippen LogP contribution in [0, 0.1) is 11.3 Å². The van der Waals surface area contributed by atoms with Gasteiger partial charge in [0.25, 0.3) is 0 Å². The summed E-state index contributed by atoms with van der Waals surface area (Å²) >= 11 is 0. The smallest absolute Gasteiger partial charge is 0.340 e. The number of esters is 1. The summed E-state index contributed by atoms with van der Waals surface area (Å²) in [6.07, 6.45) is 0.379. The molecule has 1 aromatic rings. The largest absolute Gasteiger partial charge is 0.462 e. The quantitative estimate of drug-likeness (QED) is 0.627. The highest BCUT2D eigenvalue weighted by Gasteiger charge is 2.19. The van der Waals surface area contributed by atoms with E-state index in [1.165, 1.54) is 0 Å². The molecule has 0 saturated heterocycles. The fourth-order valence-corrected chi connectivity index (χ4v) is 1.90. The third kappa shape index (κ3) is 3.62. The summed E-state index contributed by atoms with van der Waals surface area (Å²) in [5.41, 5.74) is 7.59. The van der Waals surface area contributed by atoms with Gasteiger partial charge in [-0.1, -0.05) is 6.07 Å². The minimum atomic E-state index is -0.389. The molecule has 0 aliphatic carbocycles. The Morgan fingerprint density at radius 3 is 2.79 bits per heavy atom. The summed E-state index contributed by atoms with van der Waals surface area (Å²) in [7, 11) is 0. The number of rotatable bonds is 6. The Labute approximate surface area is 113 Å². The number of nitrogen functional groups attached to an aromatic ring is 1. The summed E-state index contributed by atoms with van der Waals surface area (Å²) in [5.74, 6) is -0.389. The lowest BCUT2D eigenvalue weighted by Crippen LogP contribution is -2.27. The molecule has 0 aromatic heterocycles. The van der Waals surface area contributed by atoms with Crippen molar-refractivity contribution >= 4 is 17.3 Å². The van der Waals surface area contributed by atoms with Crippen LogP contribution in [-0.2, 0) is 4.74 Å². The Morgan fingerprint density at radius 2 is 2.21 bits per heavy atom. The zero-order chi connectivity index (χ0) is 14.3. The molecule has 0 atom stereocenters. The molecule has 0 radical (unpaired) electrons. The average molecular weight is 261 g/mol. The molecule has 0 spiro atoms. The lowest BCUT2D eigenvalue weighted by Gasteiger charge is -2.25. The molecule has 0 unspecified atom stereocenters. The van der Waals surface area contributed by atoms with Crippen molar-refractivity contribution < 1.29 is 9.53 Å². The summed E-state index contributed by atoms with van der Waals surface area (Å²) in [6.45, 7) is 5.24. The summed E-state index contributed by atoms with van der Waals surface area (Å²) < 4.78 is 5.04. The van der Waals surface area contributed by atoms with Crippen molar-refractivity contribution in [2.45, 2.75) is 20.3 Å². The fourth-order valence-electron chi connectivity index (χ4n) is 1.90. The first-order chi connectivity index (χ1) is 9.15. The molecule has 0 fully saturated rings. The van der Waals surface area contributed by atoms with Gasteiger partial charge in [-0.3, -0.25) is 0 Å². The van der Waals surface area contributed by atoms with E-state index in [9.17, 15) is 4.79 Å². The number of benzene rings is 1. The Kier molecular flexibility index (Phi) is 5.68. The van der Waals surface area contributed by atoms with Gasteiger partial charge >= 0.3 is 5.97 Å². The predicted molar refractivity (Wildman–Crippen MR) is 74.9 cm³/mol. The van der Waals surface area contributed by atoms with Crippen LogP contribution in [-0.4, -0.2) is 25.7 Å². The summed E-state index contributed by atoms with van der Waals surface area (Å²) in [6, 6.07) is 7.26. The Bertz CT molecular complexity index is 480. The van der Waals surface area contributed by atoms with Crippen molar-refractivity contribution in [1.29, 1.82) is 5.26 Å². The molecule has 2 N–H and O–H groups in total. The standard InChI is InChI=1S/C14H19N3O2/c1-3-17(10-6-9-15)13-11(14(18)19-4-2)7-5-8-12(13)16/h5,7-8H,3-4,6,10,16H2,1-2H3. The van der Waals surface area contributed by atoms with Crippen LogP contribution >= 0.6 is 0 Å². The van der Waals surface area contributed by atoms with Gasteiger partial charge in [-0.05, 0) is 26.0 Å². The Hall–Kier alpha value is -2.22. The molecule has 0 saturated carbocycles. The second-order valence-corrected chi connectivity index (χ2v) is 3.95. The Balaban J connectivity index is 3.15. The highest BCUT2D eigenvalue weighted by atomic mass is 16.5. The molecule has 102 valence electrons. The van der Waals surface area contributed by atoms with E-state index in [1.54, 1.807) is 25.1 Å². The topological polar surface area (TPSA) is 79.3 Å². The number of hydrogen-bond acceptors (Lipinski definition) is 5. The summed E-state index contributed by atoms with van der Waals surface area (Å²) in [5, 5.41) is 8.69. The van der Waals surface area contributed by atoms with E-state index in [4.69, 9.17) is 15.7 Å². The fraction of sp³-hybridized carbons (Fsp3) is 0.429. The van der Waals surface area contributed by atoms with Crippen LogP contribution < -0.4 is 10.6 Å². The first kappa shape index (κ1) is 14.8. The molecular formula is C14H19N3O2. The van der Waals surface area contributed by atoms with Crippen LogP contribution in [0.15, 0.2) is 18.2 Å². The number of carbonyl (C=O) groups excluding carboxylic acids is 1. The molecule has 0 bridgehead atoms. The van der Waals surface area contributed by atoms with E-state index in [1.807, 2.05) is 11.8 Å². The van der Waals surface area contributed by atoms with Crippen LogP contribution in [0.3, 0.4) is 0 Å². The van der Waals surface area contributed by atoms with Gasteiger partial charge in [0.2, 0.25) is 0 Å². The molecule has 19 heavy (non-hydrogen) atoms. The number of nitriles is 1. The molecule has 1 aromatic carbocycles. The van der Waals surface area contributed by atoms with Gasteiger partial charge in [-0.2, -0.15) is 5.26 Å². The molecule has 0 heterocycles. The van der Waals surface area contributed by atoms with Gasteiger partial charge in [0.05, 0.1) is 36.0 Å². The van der Waals surface area contributed by atoms with Crippen LogP contribution in [0.4, 0.5) is 11.4 Å². The van der Waals surface area contributed by atoms with Gasteiger partial charge in [0, 0.05) is 13.1 Å². The molecule has 5 nitrogen and oxygen atoms in total. The molecule has 0 aliphatic rings. The normalized spacial score (nSPS) is 9.74. The van der Waals surface area contributed by atoms with Crippen LogP contribution in [0.1, 0.15) is 30.6 Å². The summed E-state index contributed by atoms with van der Waals surface area (Å²) in [4.78, 5) is 13.9. The van der Waals surface area contributed by atoms with Gasteiger partial charge in [0.1, 0.15) is 0 Å². The van der Waals surface area contributed by atoms with Gasteiger partial charge < -0.3 is 15.4 Å². The zero-order valence-electron chi connectivity index (χ0n) is 11.3. The monoisotopic (exact) mass is 261 g/mol. The maximum Gasteiger partial charge on any atom is 0.340 e. The predicted octanol–water partition coefficient (Wildman–Crippen LogP) is 2.19. The van der Waals surface area contributed by atoms with Gasteiger partial charge in [0.15, 0.2) is 0 Å². The van der Waals surface area contributed by atoms with Crippen LogP contribution in [0.5, 0.6) is 0 Å². The van der Waals surface area contributed by atoms with Crippen molar-refractivity contribution in [2.24, 2.45) is 0 Å². The maximum absolute atomic E-state index is 11.9. The van der Waals surface area contributed by atoms with Crippen molar-refractivity contribution in [3.8, 4) is 6.07 Å². The van der Waals surface area contributed by atoms with E-state index in [0.29, 0.717) is 43.1 Å². The number of para-hydroxylation sites is 1. The Morgan fingerprint density at radius 1 is 1.47 bits per heavy atom. The number of carbonyl (C=O) groups is 1. The van der Waals surface area contributed by atoms with E-state index in [-0.39, 0.29) is 5.97 Å². The molecule has 1 rings (SSSR count). The first-order valence-corrected chi connectivity index (χ1v) is 6.33. The minimum Gasteiger partial charge on any atom is -0.462 e. The maximum atomic E-state index is 11.9. The first-order valence-electron chi connectivity index (χ1n) is 6.33. The SMILES string of the molecule is CCOC(=O)c1cccc(N)c1N(CC)CCC#N. The van der Waals surface area contributed by atoms with Crippen molar-refractivity contribution in [2.75, 3.05) is 30.3 Å². The molecule has 5 heteroatoms. The lowest BCUT2D eigenvalue weighted by molar-refractivity contribution is 0.0527. The number of nitrogens with two attached hydrogens (primary N) is 1. The molecular weight excluding hydrogens is 242 g/mol. The average Bonchev–Trinajstić information content (AvgIpc) is 2.41. The van der Waals surface area contributed by atoms with E-state index in [0.717, 1.165) is 0 Å². The van der Waals surface area contributed by atoms with Crippen molar-refractivity contribution in [1.82, 2.24) is 0 Å². The highest BCUT2D eigenvalue weighted by Crippen LogP contribution is 2.28. The van der Waals surface area contributed by atoms with Gasteiger partial charge in [-0.25, -0.2) is 4.79 Å². The molecule has 0 aliphatic heterocycles. The molecule has 0 amide bonds. The highest BCUT2D eigenvalue weighted by molar-refractivity contribution is 5.99. The number of anilines is 2. The number of ether oxygens (including phenoxy) is 1. The lowest BCUT2D eigenvalue weighted by atomic mass is 10.1. The van der Waals surface area contributed by atoms with Gasteiger partial charge in [-0.15, -0.1) is 0 Å². The van der Waals surface area contributed by atoms with Crippen molar-refractivity contribution in [3.05, 3.63) is 23.8 Å². The second-order valence-electron chi connectivity index (χ2n) is 3.95. The van der Waals surface area contributed by atoms with E-state index >= 15 is 0 Å². The van der Waals surface area contributed by atoms with Crippen LogP contribution in [0.25, 0.3) is 0 Å². The second kappa shape index (κ2) is 7.27. The number of nitrogens with zero attached hydrogens (tertiary/aromatic N) is 2. The third-order valence-corrected chi connectivity index (χ3v) is 2.75. The third-order valence-electron chi connectivity index (χ3n) is 2.75.